The lowest BCUT2D eigenvalue weighted by molar-refractivity contribution is -0.130. The van der Waals surface area contributed by atoms with E-state index in [0.29, 0.717) is 12.0 Å². The summed E-state index contributed by atoms with van der Waals surface area (Å²) < 4.78 is 5.51. The molecule has 1 aliphatic heterocycles. The summed E-state index contributed by atoms with van der Waals surface area (Å²) in [4.78, 5) is 27.2. The Bertz CT molecular complexity index is 574. The molecular weight excluding hydrogens is 340 g/mol. The molecule has 1 heterocycles. The number of nitrogens with one attached hydrogen (secondary N) is 1. The highest BCUT2D eigenvalue weighted by atomic mass is 16.6. The van der Waals surface area contributed by atoms with Gasteiger partial charge in [0.15, 0.2) is 0 Å². The topological polar surface area (TPSA) is 58.6 Å². The Morgan fingerprint density at radius 3 is 2.15 bits per heavy atom. The first-order valence-corrected chi connectivity index (χ1v) is 11.0. The molecule has 2 amide bonds. The third-order valence-corrected chi connectivity index (χ3v) is 7.55. The molecule has 4 saturated carbocycles. The Morgan fingerprint density at radius 1 is 1.07 bits per heavy atom. The molecule has 4 bridgehead atoms. The van der Waals surface area contributed by atoms with Crippen LogP contribution in [0.3, 0.4) is 0 Å². The second-order valence-corrected chi connectivity index (χ2v) is 10.8. The van der Waals surface area contributed by atoms with Crippen molar-refractivity contribution in [3.8, 4) is 0 Å². The molecule has 5 rings (SSSR count). The van der Waals surface area contributed by atoms with Crippen molar-refractivity contribution >= 4 is 12.0 Å². The summed E-state index contributed by atoms with van der Waals surface area (Å²) in [6.07, 6.45) is 9.31. The Hall–Kier alpha value is -1.26. The van der Waals surface area contributed by atoms with Crippen molar-refractivity contribution in [2.24, 2.45) is 23.2 Å². The lowest BCUT2D eigenvalue weighted by Crippen LogP contribution is -2.58. The van der Waals surface area contributed by atoms with Crippen molar-refractivity contribution in [1.82, 2.24) is 10.2 Å². The van der Waals surface area contributed by atoms with Crippen molar-refractivity contribution in [2.45, 2.75) is 96.7 Å². The van der Waals surface area contributed by atoms with Crippen LogP contribution in [-0.4, -0.2) is 41.1 Å². The number of hydrogen-bond acceptors (Lipinski definition) is 3. The summed E-state index contributed by atoms with van der Waals surface area (Å²) in [7, 11) is 0. The number of rotatable bonds is 3. The van der Waals surface area contributed by atoms with E-state index in [9.17, 15) is 9.59 Å². The van der Waals surface area contributed by atoms with Gasteiger partial charge in [-0.3, -0.25) is 9.69 Å². The highest BCUT2D eigenvalue weighted by Gasteiger charge is 2.53. The van der Waals surface area contributed by atoms with Crippen LogP contribution in [0.2, 0.25) is 0 Å². The van der Waals surface area contributed by atoms with Crippen molar-refractivity contribution in [1.29, 1.82) is 0 Å². The lowest BCUT2D eigenvalue weighted by atomic mass is 9.48. The van der Waals surface area contributed by atoms with E-state index < -0.39 is 5.60 Å². The minimum atomic E-state index is -0.535. The van der Waals surface area contributed by atoms with Crippen molar-refractivity contribution < 1.29 is 14.3 Å². The van der Waals surface area contributed by atoms with Gasteiger partial charge in [-0.15, -0.1) is 0 Å². The summed E-state index contributed by atoms with van der Waals surface area (Å²) in [5.74, 6) is 2.64. The molecule has 5 nitrogen and oxygen atoms in total. The van der Waals surface area contributed by atoms with Gasteiger partial charge in [0, 0.05) is 12.6 Å². The number of carbonyl (C=O) groups excluding carboxylic acids is 2. The summed E-state index contributed by atoms with van der Waals surface area (Å²) in [5.41, 5.74) is -0.243. The largest absolute Gasteiger partial charge is 0.444 e. The maximum atomic E-state index is 13.1. The van der Waals surface area contributed by atoms with E-state index in [1.807, 2.05) is 20.8 Å². The van der Waals surface area contributed by atoms with Gasteiger partial charge in [-0.1, -0.05) is 0 Å². The molecule has 152 valence electrons. The van der Waals surface area contributed by atoms with Crippen LogP contribution in [0, 0.1) is 23.2 Å². The Balaban J connectivity index is 1.40. The fourth-order valence-electron chi connectivity index (χ4n) is 6.75. The number of amides is 2. The first kappa shape index (κ1) is 19.1. The zero-order valence-corrected chi connectivity index (χ0v) is 17.4. The molecule has 5 aliphatic rings. The zero-order chi connectivity index (χ0) is 19.4. The molecule has 0 aromatic rings. The summed E-state index contributed by atoms with van der Waals surface area (Å²) in [5, 5.41) is 3.34. The number of hydrogen-bond donors (Lipinski definition) is 1. The monoisotopic (exact) mass is 376 g/mol. The van der Waals surface area contributed by atoms with E-state index in [0.717, 1.165) is 30.6 Å². The highest BCUT2D eigenvalue weighted by molar-refractivity contribution is 5.86. The molecule has 5 heteroatoms. The van der Waals surface area contributed by atoms with Crippen LogP contribution >= 0.6 is 0 Å². The SMILES string of the molecule is C[C@H](NC(=O)[C@@H]1CCCN1C(=O)OC(C)(C)C)C12CC3CC(CC(C3)C1)C2. The van der Waals surface area contributed by atoms with Gasteiger partial charge in [0.25, 0.3) is 0 Å². The second-order valence-electron chi connectivity index (χ2n) is 10.8. The van der Waals surface area contributed by atoms with E-state index in [1.165, 1.54) is 38.5 Å². The van der Waals surface area contributed by atoms with Crippen molar-refractivity contribution in [3.05, 3.63) is 0 Å². The first-order chi connectivity index (χ1) is 12.7. The number of carbonyl (C=O) groups is 2. The van der Waals surface area contributed by atoms with Crippen LogP contribution in [-0.2, 0) is 9.53 Å². The minimum Gasteiger partial charge on any atom is -0.444 e. The van der Waals surface area contributed by atoms with E-state index in [-0.39, 0.29) is 24.1 Å². The van der Waals surface area contributed by atoms with Gasteiger partial charge in [-0.25, -0.2) is 4.79 Å². The van der Waals surface area contributed by atoms with E-state index >= 15 is 0 Å². The van der Waals surface area contributed by atoms with Crippen molar-refractivity contribution in [2.75, 3.05) is 6.54 Å². The Kier molecular flexibility index (Phi) is 4.71. The van der Waals surface area contributed by atoms with Crippen LogP contribution in [0.4, 0.5) is 4.79 Å². The van der Waals surface area contributed by atoms with Crippen LogP contribution in [0.1, 0.15) is 79.1 Å². The molecule has 27 heavy (non-hydrogen) atoms. The molecule has 0 spiro atoms. The van der Waals surface area contributed by atoms with E-state index in [2.05, 4.69) is 12.2 Å². The summed E-state index contributed by atoms with van der Waals surface area (Å²) in [6, 6.07) is -0.185. The molecule has 0 radical (unpaired) electrons. The Morgan fingerprint density at radius 2 is 1.63 bits per heavy atom. The van der Waals surface area contributed by atoms with Crippen LogP contribution in [0.25, 0.3) is 0 Å². The molecule has 1 N–H and O–H groups in total. The molecular formula is C22H36N2O3. The number of likely N-dealkylation sites (tertiary alicyclic amines) is 1. The fraction of sp³-hybridized carbons (Fsp3) is 0.909. The van der Waals surface area contributed by atoms with Crippen LogP contribution < -0.4 is 5.32 Å². The highest BCUT2D eigenvalue weighted by Crippen LogP contribution is 2.61. The Labute approximate surface area is 163 Å². The zero-order valence-electron chi connectivity index (χ0n) is 17.4. The average molecular weight is 377 g/mol. The average Bonchev–Trinajstić information content (AvgIpc) is 3.01. The fourth-order valence-corrected chi connectivity index (χ4v) is 6.75. The molecule has 2 atom stereocenters. The standard InChI is InChI=1S/C22H36N2O3/c1-14(22-11-15-8-16(12-22)10-17(9-15)13-22)23-19(25)18-6-5-7-24(18)20(26)27-21(2,3)4/h14-18H,5-13H2,1-4H3,(H,23,25)/t14-,15?,16?,17?,18-,22?/m0/s1. The number of ether oxygens (including phenoxy) is 1. The lowest BCUT2D eigenvalue weighted by Gasteiger charge is -2.59. The maximum Gasteiger partial charge on any atom is 0.410 e. The van der Waals surface area contributed by atoms with E-state index in [4.69, 9.17) is 4.74 Å². The summed E-state index contributed by atoms with van der Waals surface area (Å²) in [6.45, 7) is 8.41. The smallest absolute Gasteiger partial charge is 0.410 e. The van der Waals surface area contributed by atoms with Crippen LogP contribution in [0.15, 0.2) is 0 Å². The molecule has 0 aromatic carbocycles. The van der Waals surface area contributed by atoms with Gasteiger partial charge in [-0.05, 0) is 102 Å². The normalized spacial score (nSPS) is 38.7. The van der Waals surface area contributed by atoms with Gasteiger partial charge in [0.05, 0.1) is 0 Å². The molecule has 0 aromatic heterocycles. The predicted octanol–water partition coefficient (Wildman–Crippen LogP) is 4.11. The molecule has 4 aliphatic carbocycles. The quantitative estimate of drug-likeness (QED) is 0.806. The van der Waals surface area contributed by atoms with Gasteiger partial charge in [0.2, 0.25) is 5.91 Å². The molecule has 5 fully saturated rings. The van der Waals surface area contributed by atoms with Crippen LogP contribution in [0.5, 0.6) is 0 Å². The van der Waals surface area contributed by atoms with Gasteiger partial charge in [-0.2, -0.15) is 0 Å². The molecule has 0 unspecified atom stereocenters. The minimum absolute atomic E-state index is 0.0154. The van der Waals surface area contributed by atoms with Gasteiger partial charge < -0.3 is 10.1 Å². The van der Waals surface area contributed by atoms with Gasteiger partial charge >= 0.3 is 6.09 Å². The predicted molar refractivity (Wildman–Crippen MR) is 104 cm³/mol. The molecule has 1 saturated heterocycles. The third kappa shape index (κ3) is 3.71. The van der Waals surface area contributed by atoms with Gasteiger partial charge in [0.1, 0.15) is 11.6 Å². The summed E-state index contributed by atoms with van der Waals surface area (Å²) >= 11 is 0. The number of nitrogens with zero attached hydrogens (tertiary/aromatic N) is 1. The van der Waals surface area contributed by atoms with Crippen molar-refractivity contribution in [3.63, 3.8) is 0 Å². The third-order valence-electron chi connectivity index (χ3n) is 7.55. The first-order valence-electron chi connectivity index (χ1n) is 11.0. The van der Waals surface area contributed by atoms with E-state index in [1.54, 1.807) is 4.90 Å². The second kappa shape index (κ2) is 6.66. The maximum absolute atomic E-state index is 13.1.